The zero-order valence-electron chi connectivity index (χ0n) is 15.3. The van der Waals surface area contributed by atoms with Gasteiger partial charge in [-0.25, -0.2) is 8.78 Å². The lowest BCUT2D eigenvalue weighted by molar-refractivity contribution is 0.123. The van der Waals surface area contributed by atoms with E-state index in [-0.39, 0.29) is 5.92 Å². The van der Waals surface area contributed by atoms with Crippen LogP contribution in [-0.2, 0) is 0 Å². The van der Waals surface area contributed by atoms with Crippen LogP contribution in [-0.4, -0.2) is 16.9 Å². The van der Waals surface area contributed by atoms with Gasteiger partial charge in [-0.05, 0) is 36.5 Å². The molecule has 4 rings (SSSR count). The van der Waals surface area contributed by atoms with Gasteiger partial charge in [0.2, 0.25) is 0 Å². The minimum absolute atomic E-state index is 0.134. The minimum Gasteiger partial charge on any atom is -0.390 e. The summed E-state index contributed by atoms with van der Waals surface area (Å²) in [7, 11) is 0. The molecule has 1 aliphatic rings. The van der Waals surface area contributed by atoms with E-state index in [1.807, 2.05) is 60.7 Å². The molecule has 28 heavy (non-hydrogen) atoms. The third-order valence-electron chi connectivity index (χ3n) is 5.08. The van der Waals surface area contributed by atoms with Gasteiger partial charge in [0.25, 0.3) is 0 Å². The van der Waals surface area contributed by atoms with Crippen molar-refractivity contribution in [2.24, 2.45) is 10.9 Å². The summed E-state index contributed by atoms with van der Waals surface area (Å²) in [5.41, 5.74) is 3.01. The Morgan fingerprint density at radius 1 is 0.821 bits per heavy atom. The fraction of sp³-hybridized carbons (Fsp3) is 0.208. The number of hydrogen-bond acceptors (Lipinski definition) is 2. The van der Waals surface area contributed by atoms with Gasteiger partial charge in [0, 0.05) is 11.1 Å². The largest absolute Gasteiger partial charge is 0.390 e. The van der Waals surface area contributed by atoms with Crippen molar-refractivity contribution in [2.75, 3.05) is 0 Å². The molecule has 3 aromatic carbocycles. The summed E-state index contributed by atoms with van der Waals surface area (Å²) >= 11 is 0. The molecule has 3 aromatic rings. The van der Waals surface area contributed by atoms with Gasteiger partial charge in [-0.1, -0.05) is 66.7 Å². The Bertz CT molecular complexity index is 927. The molecule has 2 unspecified atom stereocenters. The first-order valence-corrected chi connectivity index (χ1v) is 9.45. The summed E-state index contributed by atoms with van der Waals surface area (Å²) in [6, 6.07) is 22.5. The van der Waals surface area contributed by atoms with Gasteiger partial charge in [0.1, 0.15) is 6.04 Å². The van der Waals surface area contributed by atoms with E-state index in [9.17, 15) is 13.9 Å². The average Bonchev–Trinajstić information content (AvgIpc) is 3.57. The molecule has 4 heteroatoms. The maximum Gasteiger partial charge on any atom is 0.159 e. The van der Waals surface area contributed by atoms with E-state index in [0.29, 0.717) is 5.56 Å². The van der Waals surface area contributed by atoms with Crippen molar-refractivity contribution < 1.29 is 13.9 Å². The maximum absolute atomic E-state index is 13.9. The van der Waals surface area contributed by atoms with E-state index >= 15 is 0 Å². The summed E-state index contributed by atoms with van der Waals surface area (Å²) < 4.78 is 27.4. The van der Waals surface area contributed by atoms with E-state index in [4.69, 9.17) is 4.99 Å². The molecule has 0 radical (unpaired) electrons. The fourth-order valence-electron chi connectivity index (χ4n) is 3.39. The SMILES string of the molecule is OC(C1CC1)C(N=C(c1ccccc1)c1ccccc1)c1ccc(F)c(F)c1. The standard InChI is InChI=1S/C24H21F2NO/c25-20-14-13-19(15-21(20)26)23(24(28)18-11-12-18)27-22(16-7-3-1-4-8-16)17-9-5-2-6-10-17/h1-10,13-15,18,23-24,28H,11-12H2. The van der Waals surface area contributed by atoms with Crippen molar-refractivity contribution in [2.45, 2.75) is 25.0 Å². The number of halogens is 2. The third kappa shape index (κ3) is 4.02. The first-order chi connectivity index (χ1) is 13.6. The van der Waals surface area contributed by atoms with Gasteiger partial charge in [-0.2, -0.15) is 0 Å². The van der Waals surface area contributed by atoms with Crippen molar-refractivity contribution in [1.82, 2.24) is 0 Å². The summed E-state index contributed by atoms with van der Waals surface area (Å²) in [5, 5.41) is 10.9. The van der Waals surface area contributed by atoms with Crippen LogP contribution in [0.4, 0.5) is 8.78 Å². The van der Waals surface area contributed by atoms with Crippen molar-refractivity contribution in [1.29, 1.82) is 0 Å². The fourth-order valence-corrected chi connectivity index (χ4v) is 3.39. The topological polar surface area (TPSA) is 32.6 Å². The smallest absolute Gasteiger partial charge is 0.159 e. The van der Waals surface area contributed by atoms with Crippen LogP contribution in [0, 0.1) is 17.6 Å². The van der Waals surface area contributed by atoms with Crippen LogP contribution in [0.2, 0.25) is 0 Å². The Hall–Kier alpha value is -2.85. The van der Waals surface area contributed by atoms with Crippen LogP contribution in [0.15, 0.2) is 83.9 Å². The normalized spacial score (nSPS) is 15.7. The van der Waals surface area contributed by atoms with E-state index in [2.05, 4.69) is 0 Å². The highest BCUT2D eigenvalue weighted by Gasteiger charge is 2.36. The Morgan fingerprint density at radius 2 is 1.39 bits per heavy atom. The van der Waals surface area contributed by atoms with Gasteiger partial charge in [-0.15, -0.1) is 0 Å². The molecule has 0 heterocycles. The molecule has 0 spiro atoms. The van der Waals surface area contributed by atoms with Crippen LogP contribution < -0.4 is 0 Å². The molecule has 1 N–H and O–H groups in total. The van der Waals surface area contributed by atoms with E-state index in [1.165, 1.54) is 6.07 Å². The third-order valence-corrected chi connectivity index (χ3v) is 5.08. The molecule has 2 atom stereocenters. The number of benzene rings is 3. The van der Waals surface area contributed by atoms with Gasteiger partial charge in [0.15, 0.2) is 11.6 Å². The second-order valence-corrected chi connectivity index (χ2v) is 7.16. The molecular weight excluding hydrogens is 356 g/mol. The quantitative estimate of drug-likeness (QED) is 0.580. The lowest BCUT2D eigenvalue weighted by Crippen LogP contribution is -2.21. The number of rotatable bonds is 6. The molecule has 1 fully saturated rings. The van der Waals surface area contributed by atoms with Crippen molar-refractivity contribution in [3.05, 3.63) is 107 Å². The number of aliphatic imine (C=N–C) groups is 1. The minimum atomic E-state index is -0.929. The zero-order valence-corrected chi connectivity index (χ0v) is 15.3. The molecule has 0 amide bonds. The summed E-state index contributed by atoms with van der Waals surface area (Å²) in [6.07, 6.45) is 1.10. The predicted molar refractivity (Wildman–Crippen MR) is 106 cm³/mol. The van der Waals surface area contributed by atoms with Crippen LogP contribution in [0.5, 0.6) is 0 Å². The molecule has 1 saturated carbocycles. The lowest BCUT2D eigenvalue weighted by atomic mass is 9.96. The zero-order chi connectivity index (χ0) is 19.5. The monoisotopic (exact) mass is 377 g/mol. The van der Waals surface area contributed by atoms with E-state index < -0.39 is 23.8 Å². The molecule has 0 saturated heterocycles. The highest BCUT2D eigenvalue weighted by molar-refractivity contribution is 6.13. The molecule has 2 nitrogen and oxygen atoms in total. The molecule has 0 bridgehead atoms. The molecule has 1 aliphatic carbocycles. The Morgan fingerprint density at radius 3 is 1.89 bits per heavy atom. The second-order valence-electron chi connectivity index (χ2n) is 7.16. The maximum atomic E-state index is 13.9. The van der Waals surface area contributed by atoms with Crippen LogP contribution >= 0.6 is 0 Å². The Labute approximate surface area is 163 Å². The molecular formula is C24H21F2NO. The van der Waals surface area contributed by atoms with E-state index in [0.717, 1.165) is 41.8 Å². The molecule has 0 aromatic heterocycles. The highest BCUT2D eigenvalue weighted by Crippen LogP contribution is 2.40. The first kappa shape index (κ1) is 18.5. The number of nitrogens with zero attached hydrogens (tertiary/aromatic N) is 1. The van der Waals surface area contributed by atoms with Crippen LogP contribution in [0.3, 0.4) is 0 Å². The average molecular weight is 377 g/mol. The summed E-state index contributed by atoms with van der Waals surface area (Å²) in [4.78, 5) is 4.90. The summed E-state index contributed by atoms with van der Waals surface area (Å²) in [5.74, 6) is -1.70. The number of hydrogen-bond donors (Lipinski definition) is 1. The first-order valence-electron chi connectivity index (χ1n) is 9.45. The Balaban J connectivity index is 1.84. The van der Waals surface area contributed by atoms with Gasteiger partial charge < -0.3 is 5.11 Å². The number of aliphatic hydroxyl groups excluding tert-OH is 1. The second kappa shape index (κ2) is 8.03. The Kier molecular flexibility index (Phi) is 5.31. The van der Waals surface area contributed by atoms with Crippen molar-refractivity contribution in [3.8, 4) is 0 Å². The number of aliphatic hydroxyl groups is 1. The van der Waals surface area contributed by atoms with Crippen molar-refractivity contribution >= 4 is 5.71 Å². The van der Waals surface area contributed by atoms with Gasteiger partial charge >= 0.3 is 0 Å². The lowest BCUT2D eigenvalue weighted by Gasteiger charge is -2.22. The summed E-state index contributed by atoms with van der Waals surface area (Å²) in [6.45, 7) is 0. The van der Waals surface area contributed by atoms with Crippen LogP contribution in [0.25, 0.3) is 0 Å². The van der Waals surface area contributed by atoms with E-state index in [1.54, 1.807) is 0 Å². The highest BCUT2D eigenvalue weighted by atomic mass is 19.2. The van der Waals surface area contributed by atoms with Gasteiger partial charge in [-0.3, -0.25) is 4.99 Å². The van der Waals surface area contributed by atoms with Crippen molar-refractivity contribution in [3.63, 3.8) is 0 Å². The van der Waals surface area contributed by atoms with Gasteiger partial charge in [0.05, 0.1) is 11.8 Å². The predicted octanol–water partition coefficient (Wildman–Crippen LogP) is 5.31. The molecule has 0 aliphatic heterocycles. The molecule has 142 valence electrons. The van der Waals surface area contributed by atoms with Crippen LogP contribution in [0.1, 0.15) is 35.6 Å².